The van der Waals surface area contributed by atoms with E-state index in [4.69, 9.17) is 24.8 Å². The van der Waals surface area contributed by atoms with Gasteiger partial charge in [0.05, 0.1) is 10.4 Å². The Bertz CT molecular complexity index is 871. The molecule has 0 aliphatic rings. The minimum atomic E-state index is -1.82. The fourth-order valence-corrected chi connectivity index (χ4v) is 4.45. The highest BCUT2D eigenvalue weighted by molar-refractivity contribution is 7.99. The number of thiophene rings is 1. The quantitative estimate of drug-likeness (QED) is 0.157. The highest BCUT2D eigenvalue weighted by atomic mass is 32.2. The Morgan fingerprint density at radius 3 is 2.21 bits per heavy atom. The number of carbonyl (C=O) groups excluding carboxylic acids is 1. The van der Waals surface area contributed by atoms with Crippen LogP contribution >= 0.6 is 23.1 Å². The van der Waals surface area contributed by atoms with Gasteiger partial charge in [-0.1, -0.05) is 46.6 Å². The van der Waals surface area contributed by atoms with Gasteiger partial charge in [0.15, 0.2) is 0 Å². The van der Waals surface area contributed by atoms with E-state index in [2.05, 4.69) is 33.0 Å². The molecule has 2 aromatic heterocycles. The Labute approximate surface area is 204 Å². The first-order chi connectivity index (χ1) is 15.6. The van der Waals surface area contributed by atoms with Crippen LogP contribution in [0.3, 0.4) is 0 Å². The third-order valence-corrected chi connectivity index (χ3v) is 6.45. The Morgan fingerprint density at radius 1 is 1.00 bits per heavy atom. The summed E-state index contributed by atoms with van der Waals surface area (Å²) in [4.78, 5) is 36.6. The highest BCUT2D eigenvalue weighted by Gasteiger charge is 2.17. The summed E-state index contributed by atoms with van der Waals surface area (Å²) in [6, 6.07) is 8.35. The third kappa shape index (κ3) is 11.5. The minimum Gasteiger partial charge on any atom is -0.473 e. The van der Waals surface area contributed by atoms with E-state index in [1.54, 1.807) is 11.8 Å². The Balaban J connectivity index is 0.000000801. The first-order valence-corrected chi connectivity index (χ1v) is 12.9. The van der Waals surface area contributed by atoms with Gasteiger partial charge in [-0.3, -0.25) is 4.79 Å². The average Bonchev–Trinajstić information content (AvgIpc) is 3.30. The molecule has 2 rings (SSSR count). The number of carboxylic acids is 2. The maximum Gasteiger partial charge on any atom is 0.414 e. The summed E-state index contributed by atoms with van der Waals surface area (Å²) in [6.45, 7) is 9.75. The predicted octanol–water partition coefficient (Wildman–Crippen LogP) is 5.30. The van der Waals surface area contributed by atoms with Crippen molar-refractivity contribution >= 4 is 40.8 Å². The lowest BCUT2D eigenvalue weighted by Gasteiger charge is -2.11. The van der Waals surface area contributed by atoms with Crippen LogP contribution in [-0.2, 0) is 9.59 Å². The number of hydrogen-bond donors (Lipinski definition) is 3. The van der Waals surface area contributed by atoms with Gasteiger partial charge in [-0.15, -0.1) is 23.1 Å². The molecule has 0 saturated carbocycles. The molecule has 182 valence electrons. The molecule has 0 unspecified atom stereocenters. The molecule has 2 heterocycles. The number of ketones is 1. The minimum absolute atomic E-state index is 0.0927. The zero-order chi connectivity index (χ0) is 24.8. The van der Waals surface area contributed by atoms with Crippen molar-refractivity contribution in [1.82, 2.24) is 10.3 Å². The third-order valence-electron chi connectivity index (χ3n) is 4.51. The molecule has 0 spiro atoms. The molecule has 0 radical (unpaired) electrons. The number of thioether (sulfide) groups is 1. The second-order valence-electron chi connectivity index (χ2n) is 8.03. The molecule has 0 bridgehead atoms. The second-order valence-corrected chi connectivity index (χ2v) is 10.1. The van der Waals surface area contributed by atoms with Crippen LogP contribution in [0.5, 0.6) is 0 Å². The van der Waals surface area contributed by atoms with Crippen molar-refractivity contribution in [2.45, 2.75) is 70.4 Å². The van der Waals surface area contributed by atoms with Crippen molar-refractivity contribution in [2.24, 2.45) is 0 Å². The van der Waals surface area contributed by atoms with Crippen LogP contribution in [0.2, 0.25) is 0 Å². The van der Waals surface area contributed by atoms with Crippen LogP contribution in [-0.4, -0.2) is 51.3 Å². The van der Waals surface area contributed by atoms with Gasteiger partial charge in [0.2, 0.25) is 5.78 Å². The number of rotatable bonds is 12. The molecular weight excluding hydrogens is 460 g/mol. The molecule has 7 nitrogen and oxygen atoms in total. The van der Waals surface area contributed by atoms with E-state index in [1.165, 1.54) is 30.6 Å². The van der Waals surface area contributed by atoms with Crippen molar-refractivity contribution in [3.63, 3.8) is 0 Å². The number of aromatic nitrogens is 1. The summed E-state index contributed by atoms with van der Waals surface area (Å²) in [5.74, 6) is -2.18. The van der Waals surface area contributed by atoms with Crippen molar-refractivity contribution in [3.05, 3.63) is 45.8 Å². The Kier molecular flexibility index (Phi) is 13.6. The van der Waals surface area contributed by atoms with Gasteiger partial charge in [-0.2, -0.15) is 0 Å². The predicted molar refractivity (Wildman–Crippen MR) is 134 cm³/mol. The second kappa shape index (κ2) is 15.6. The molecule has 0 aliphatic heterocycles. The number of nitrogens with one attached hydrogen (secondary N) is 1. The molecule has 0 saturated heterocycles. The standard InChI is InChI=1S/C22H32N2OS2.C2H2O4/c1-16(2)19-12-11-18(21(25)20-10-9-15-26-20)22(24-19)27-14-8-6-5-7-13-23-17(3)4;3-1(4)2(5)6/h9-12,15-17,23H,5-8,13-14H2,1-4H3;(H,3,4)(H,5,6). The van der Waals surface area contributed by atoms with Crippen LogP contribution in [0.25, 0.3) is 0 Å². The van der Waals surface area contributed by atoms with E-state index < -0.39 is 11.9 Å². The van der Waals surface area contributed by atoms with E-state index in [0.29, 0.717) is 12.0 Å². The molecule has 33 heavy (non-hydrogen) atoms. The number of unbranched alkanes of at least 4 members (excludes halogenated alkanes) is 3. The topological polar surface area (TPSA) is 117 Å². The first-order valence-electron chi connectivity index (χ1n) is 11.0. The van der Waals surface area contributed by atoms with Crippen molar-refractivity contribution in [1.29, 1.82) is 0 Å². The van der Waals surface area contributed by atoms with Crippen molar-refractivity contribution < 1.29 is 24.6 Å². The van der Waals surface area contributed by atoms with Gasteiger partial charge >= 0.3 is 11.9 Å². The zero-order valence-corrected chi connectivity index (χ0v) is 21.3. The van der Waals surface area contributed by atoms with E-state index >= 15 is 0 Å². The van der Waals surface area contributed by atoms with E-state index in [9.17, 15) is 4.79 Å². The summed E-state index contributed by atoms with van der Waals surface area (Å²) in [7, 11) is 0. The summed E-state index contributed by atoms with van der Waals surface area (Å²) in [5.41, 5.74) is 1.80. The number of carboxylic acid groups (broad SMARTS) is 2. The van der Waals surface area contributed by atoms with E-state index in [0.717, 1.165) is 39.9 Å². The average molecular weight is 495 g/mol. The zero-order valence-electron chi connectivity index (χ0n) is 19.7. The Morgan fingerprint density at radius 2 is 1.67 bits per heavy atom. The summed E-state index contributed by atoms with van der Waals surface area (Å²) < 4.78 is 0. The molecular formula is C24H34N2O5S2. The van der Waals surface area contributed by atoms with Crippen LogP contribution < -0.4 is 5.32 Å². The van der Waals surface area contributed by atoms with Gasteiger partial charge in [-0.05, 0) is 54.6 Å². The summed E-state index contributed by atoms with van der Waals surface area (Å²) >= 11 is 3.22. The maximum atomic E-state index is 12.8. The van der Waals surface area contributed by atoms with Crippen LogP contribution in [0.4, 0.5) is 0 Å². The van der Waals surface area contributed by atoms with Gasteiger partial charge in [-0.25, -0.2) is 14.6 Å². The number of carbonyl (C=O) groups is 3. The van der Waals surface area contributed by atoms with E-state index in [1.807, 2.05) is 29.6 Å². The fourth-order valence-electron chi connectivity index (χ4n) is 2.74. The van der Waals surface area contributed by atoms with Crippen LogP contribution in [0.1, 0.15) is 80.2 Å². The molecule has 0 atom stereocenters. The lowest BCUT2D eigenvalue weighted by molar-refractivity contribution is -0.159. The Hall–Kier alpha value is -2.23. The van der Waals surface area contributed by atoms with Crippen LogP contribution in [0, 0.1) is 0 Å². The monoisotopic (exact) mass is 494 g/mol. The first kappa shape index (κ1) is 28.8. The van der Waals surface area contributed by atoms with Gasteiger partial charge in [0.25, 0.3) is 0 Å². The maximum absolute atomic E-state index is 12.8. The van der Waals surface area contributed by atoms with Crippen molar-refractivity contribution in [3.8, 4) is 0 Å². The van der Waals surface area contributed by atoms with E-state index in [-0.39, 0.29) is 5.78 Å². The number of nitrogens with zero attached hydrogens (tertiary/aromatic N) is 1. The molecule has 0 aromatic carbocycles. The number of aliphatic carboxylic acids is 2. The lowest BCUT2D eigenvalue weighted by Crippen LogP contribution is -2.23. The van der Waals surface area contributed by atoms with Crippen molar-refractivity contribution in [2.75, 3.05) is 12.3 Å². The van der Waals surface area contributed by atoms with Gasteiger partial charge in [0, 0.05) is 11.7 Å². The summed E-state index contributed by atoms with van der Waals surface area (Å²) in [6.07, 6.45) is 4.87. The molecule has 0 amide bonds. The molecule has 0 fully saturated rings. The largest absolute Gasteiger partial charge is 0.473 e. The van der Waals surface area contributed by atoms with Crippen LogP contribution in [0.15, 0.2) is 34.7 Å². The van der Waals surface area contributed by atoms with Gasteiger partial charge < -0.3 is 15.5 Å². The smallest absolute Gasteiger partial charge is 0.414 e. The normalized spacial score (nSPS) is 10.7. The SMILES string of the molecule is CC(C)NCCCCCCSc1nc(C(C)C)ccc1C(=O)c1cccs1.O=C(O)C(=O)O. The molecule has 3 N–H and O–H groups in total. The summed E-state index contributed by atoms with van der Waals surface area (Å²) in [5, 5.41) is 21.1. The van der Waals surface area contributed by atoms with Gasteiger partial charge in [0.1, 0.15) is 5.03 Å². The lowest BCUT2D eigenvalue weighted by atomic mass is 10.1. The number of hydrogen-bond acceptors (Lipinski definition) is 7. The molecule has 2 aromatic rings. The fraction of sp³-hybridized carbons (Fsp3) is 0.500. The highest BCUT2D eigenvalue weighted by Crippen LogP contribution is 2.28. The number of pyridine rings is 1. The molecule has 9 heteroatoms. The molecule has 0 aliphatic carbocycles.